The van der Waals surface area contributed by atoms with E-state index in [2.05, 4.69) is 0 Å². The number of aliphatic hydroxyl groups is 1. The van der Waals surface area contributed by atoms with Crippen LogP contribution in [0.4, 0.5) is 5.69 Å². The Hall–Kier alpha value is -3.31. The predicted octanol–water partition coefficient (Wildman–Crippen LogP) is 3.31. The molecule has 1 amide bonds. The molecule has 0 aromatic heterocycles. The maximum absolute atomic E-state index is 13.2. The molecule has 0 spiro atoms. The number of rotatable bonds is 2. The minimum Gasteiger partial charge on any atom is -0.486 e. The monoisotopic (exact) mass is 359 g/mol. The van der Waals surface area contributed by atoms with Gasteiger partial charge in [0, 0.05) is 22.8 Å². The number of benzene rings is 3. The molecule has 2 aliphatic heterocycles. The SMILES string of the molecule is O=C1c2ccccc2[C@](O)(c2ccccc2)N1c1ccc2c(c1)OCCO2. The lowest BCUT2D eigenvalue weighted by molar-refractivity contribution is 0.0702. The summed E-state index contributed by atoms with van der Waals surface area (Å²) < 4.78 is 11.2. The molecule has 0 fully saturated rings. The van der Waals surface area contributed by atoms with Crippen molar-refractivity contribution in [3.63, 3.8) is 0 Å². The van der Waals surface area contributed by atoms with Crippen LogP contribution in [0.25, 0.3) is 0 Å². The molecule has 2 aliphatic rings. The lowest BCUT2D eigenvalue weighted by Gasteiger charge is -2.35. The molecule has 0 unspecified atom stereocenters. The molecule has 0 aliphatic carbocycles. The molecule has 0 radical (unpaired) electrons. The van der Waals surface area contributed by atoms with E-state index < -0.39 is 5.72 Å². The Bertz CT molecular complexity index is 1030. The van der Waals surface area contributed by atoms with Gasteiger partial charge in [-0.25, -0.2) is 0 Å². The maximum Gasteiger partial charge on any atom is 0.261 e. The lowest BCUT2D eigenvalue weighted by Crippen LogP contribution is -2.45. The standard InChI is InChI=1S/C22H17NO4/c24-21-17-8-4-5-9-18(17)22(25,15-6-2-1-3-7-15)23(21)16-10-11-19-20(14-16)27-13-12-26-19/h1-11,14,25H,12-13H2/t22-/m1/s1. The van der Waals surface area contributed by atoms with Gasteiger partial charge in [0.05, 0.1) is 5.69 Å². The van der Waals surface area contributed by atoms with Crippen LogP contribution in [0.1, 0.15) is 21.5 Å². The Labute approximate surface area is 156 Å². The maximum atomic E-state index is 13.2. The fraction of sp³-hybridized carbons (Fsp3) is 0.136. The smallest absolute Gasteiger partial charge is 0.261 e. The molecular weight excluding hydrogens is 342 g/mol. The quantitative estimate of drug-likeness (QED) is 0.763. The fourth-order valence-electron chi connectivity index (χ4n) is 3.79. The Morgan fingerprint density at radius 3 is 2.37 bits per heavy atom. The van der Waals surface area contributed by atoms with E-state index in [1.54, 1.807) is 36.4 Å². The number of ether oxygens (including phenoxy) is 2. The molecule has 5 heteroatoms. The summed E-state index contributed by atoms with van der Waals surface area (Å²) >= 11 is 0. The van der Waals surface area contributed by atoms with Crippen molar-refractivity contribution in [2.45, 2.75) is 5.72 Å². The zero-order valence-electron chi connectivity index (χ0n) is 14.5. The minimum absolute atomic E-state index is 0.256. The summed E-state index contributed by atoms with van der Waals surface area (Å²) in [5, 5.41) is 11.8. The van der Waals surface area contributed by atoms with Crippen LogP contribution in [0, 0.1) is 0 Å². The highest BCUT2D eigenvalue weighted by Gasteiger charge is 2.50. The van der Waals surface area contributed by atoms with Crippen LogP contribution in [0.5, 0.6) is 11.5 Å². The van der Waals surface area contributed by atoms with Crippen molar-refractivity contribution < 1.29 is 19.4 Å². The van der Waals surface area contributed by atoms with Crippen LogP contribution in [0.2, 0.25) is 0 Å². The van der Waals surface area contributed by atoms with Gasteiger partial charge in [0.2, 0.25) is 0 Å². The van der Waals surface area contributed by atoms with Crippen molar-refractivity contribution in [1.29, 1.82) is 0 Å². The highest BCUT2D eigenvalue weighted by atomic mass is 16.6. The van der Waals surface area contributed by atoms with Gasteiger partial charge in [-0.3, -0.25) is 9.69 Å². The van der Waals surface area contributed by atoms with Crippen LogP contribution in [-0.4, -0.2) is 24.2 Å². The average Bonchev–Trinajstić information content (AvgIpc) is 2.97. The van der Waals surface area contributed by atoms with Crippen LogP contribution in [0.15, 0.2) is 72.8 Å². The number of nitrogens with zero attached hydrogens (tertiary/aromatic N) is 1. The van der Waals surface area contributed by atoms with Gasteiger partial charge >= 0.3 is 0 Å². The number of hydrogen-bond acceptors (Lipinski definition) is 4. The van der Waals surface area contributed by atoms with Crippen molar-refractivity contribution in [3.05, 3.63) is 89.5 Å². The number of hydrogen-bond donors (Lipinski definition) is 1. The van der Waals surface area contributed by atoms with E-state index in [1.165, 1.54) is 4.90 Å². The normalized spacial score (nSPS) is 20.5. The van der Waals surface area contributed by atoms with Gasteiger partial charge in [-0.15, -0.1) is 0 Å². The van der Waals surface area contributed by atoms with Gasteiger partial charge in [-0.1, -0.05) is 48.5 Å². The first-order valence-corrected chi connectivity index (χ1v) is 8.81. The van der Waals surface area contributed by atoms with Crippen LogP contribution >= 0.6 is 0 Å². The van der Waals surface area contributed by atoms with Crippen molar-refractivity contribution in [2.75, 3.05) is 18.1 Å². The largest absolute Gasteiger partial charge is 0.486 e. The van der Waals surface area contributed by atoms with E-state index in [0.29, 0.717) is 47.1 Å². The molecule has 5 rings (SSSR count). The average molecular weight is 359 g/mol. The molecule has 5 nitrogen and oxygen atoms in total. The second-order valence-corrected chi connectivity index (χ2v) is 6.55. The van der Waals surface area contributed by atoms with Gasteiger partial charge in [0.1, 0.15) is 13.2 Å². The molecule has 134 valence electrons. The van der Waals surface area contributed by atoms with Crippen molar-refractivity contribution in [2.24, 2.45) is 0 Å². The third-order valence-electron chi connectivity index (χ3n) is 5.02. The third-order valence-corrected chi connectivity index (χ3v) is 5.02. The van der Waals surface area contributed by atoms with E-state index in [1.807, 2.05) is 36.4 Å². The topological polar surface area (TPSA) is 59.0 Å². The first-order valence-electron chi connectivity index (χ1n) is 8.81. The Kier molecular flexibility index (Phi) is 3.45. The van der Waals surface area contributed by atoms with Gasteiger partial charge in [-0.2, -0.15) is 0 Å². The molecule has 2 heterocycles. The first kappa shape index (κ1) is 15.9. The van der Waals surface area contributed by atoms with Gasteiger partial charge in [0.25, 0.3) is 5.91 Å². The number of carbonyl (C=O) groups is 1. The number of carbonyl (C=O) groups excluding carboxylic acids is 1. The molecule has 3 aromatic rings. The highest BCUT2D eigenvalue weighted by molar-refractivity contribution is 6.12. The van der Waals surface area contributed by atoms with E-state index in [9.17, 15) is 9.90 Å². The number of anilines is 1. The number of amides is 1. The molecule has 3 aromatic carbocycles. The second kappa shape index (κ2) is 5.86. The highest BCUT2D eigenvalue weighted by Crippen LogP contribution is 2.46. The zero-order chi connectivity index (χ0) is 18.4. The van der Waals surface area contributed by atoms with Gasteiger partial charge in [0.15, 0.2) is 17.2 Å². The third kappa shape index (κ3) is 2.25. The summed E-state index contributed by atoms with van der Waals surface area (Å²) in [5.41, 5.74) is 0.624. The second-order valence-electron chi connectivity index (χ2n) is 6.55. The minimum atomic E-state index is -1.60. The Balaban J connectivity index is 1.72. The van der Waals surface area contributed by atoms with E-state index in [-0.39, 0.29) is 5.91 Å². The van der Waals surface area contributed by atoms with Gasteiger partial charge < -0.3 is 14.6 Å². The molecule has 0 bridgehead atoms. The van der Waals surface area contributed by atoms with Crippen molar-refractivity contribution in [1.82, 2.24) is 0 Å². The summed E-state index contributed by atoms with van der Waals surface area (Å²) in [4.78, 5) is 14.7. The predicted molar refractivity (Wildman–Crippen MR) is 100 cm³/mol. The van der Waals surface area contributed by atoms with E-state index >= 15 is 0 Å². The summed E-state index contributed by atoms with van der Waals surface area (Å²) in [6.45, 7) is 0.946. The van der Waals surface area contributed by atoms with Crippen LogP contribution in [-0.2, 0) is 5.72 Å². The van der Waals surface area contributed by atoms with Gasteiger partial charge in [-0.05, 0) is 18.2 Å². The van der Waals surface area contributed by atoms with Crippen molar-refractivity contribution >= 4 is 11.6 Å². The molecule has 0 saturated carbocycles. The lowest BCUT2D eigenvalue weighted by atomic mass is 9.93. The summed E-state index contributed by atoms with van der Waals surface area (Å²) in [5.74, 6) is 0.948. The first-order chi connectivity index (χ1) is 13.2. The summed E-state index contributed by atoms with van der Waals surface area (Å²) in [7, 11) is 0. The van der Waals surface area contributed by atoms with E-state index in [4.69, 9.17) is 9.47 Å². The Morgan fingerprint density at radius 1 is 0.852 bits per heavy atom. The molecule has 27 heavy (non-hydrogen) atoms. The molecule has 1 atom stereocenters. The van der Waals surface area contributed by atoms with E-state index in [0.717, 1.165) is 0 Å². The van der Waals surface area contributed by atoms with Crippen LogP contribution in [0.3, 0.4) is 0 Å². The zero-order valence-corrected chi connectivity index (χ0v) is 14.5. The summed E-state index contributed by atoms with van der Waals surface area (Å²) in [6, 6.07) is 21.7. The number of fused-ring (bicyclic) bond motifs is 2. The summed E-state index contributed by atoms with van der Waals surface area (Å²) in [6.07, 6.45) is 0. The molecular formula is C22H17NO4. The molecule has 0 saturated heterocycles. The molecule has 1 N–H and O–H groups in total. The Morgan fingerprint density at radius 2 is 1.56 bits per heavy atom. The fourth-order valence-corrected chi connectivity index (χ4v) is 3.79. The van der Waals surface area contributed by atoms with Crippen LogP contribution < -0.4 is 14.4 Å². The van der Waals surface area contributed by atoms with Crippen molar-refractivity contribution in [3.8, 4) is 11.5 Å².